The van der Waals surface area contributed by atoms with E-state index in [4.69, 9.17) is 19.3 Å². The monoisotopic (exact) mass is 375 g/mol. The quantitative estimate of drug-likeness (QED) is 0.669. The number of morpholine rings is 1. The van der Waals surface area contributed by atoms with Gasteiger partial charge in [-0.15, -0.1) is 0 Å². The van der Waals surface area contributed by atoms with Crippen LogP contribution in [0.1, 0.15) is 32.1 Å². The van der Waals surface area contributed by atoms with Gasteiger partial charge in [0.1, 0.15) is 0 Å². The van der Waals surface area contributed by atoms with Crippen LogP contribution < -0.4 is 9.80 Å². The molecule has 0 amide bonds. The molecule has 0 radical (unpaired) electrons. The lowest BCUT2D eigenvalue weighted by molar-refractivity contribution is 0.0372. The second-order valence-corrected chi connectivity index (χ2v) is 7.41. The molecule has 0 aromatic carbocycles. The summed E-state index contributed by atoms with van der Waals surface area (Å²) in [6, 6.07) is 0. The van der Waals surface area contributed by atoms with E-state index in [2.05, 4.69) is 32.1 Å². The van der Waals surface area contributed by atoms with Gasteiger partial charge in [-0.3, -0.25) is 4.90 Å². The maximum atomic E-state index is 5.41. The maximum Gasteiger partial charge on any atom is 0.245 e. The van der Waals surface area contributed by atoms with Crippen LogP contribution in [0.2, 0.25) is 0 Å². The number of anilines is 2. The summed E-state index contributed by atoms with van der Waals surface area (Å²) in [5.41, 5.74) is 0.964. The van der Waals surface area contributed by atoms with E-state index in [-0.39, 0.29) is 0 Å². The number of hydrogen-bond donors (Lipinski definition) is 0. The number of unbranched alkanes of at least 4 members (excludes halogenated alkanes) is 1. The van der Waals surface area contributed by atoms with Crippen molar-refractivity contribution in [2.45, 2.75) is 32.1 Å². The number of hydrogen-bond acceptors (Lipinski definition) is 9. The van der Waals surface area contributed by atoms with Crippen molar-refractivity contribution >= 4 is 22.9 Å². The van der Waals surface area contributed by atoms with E-state index >= 15 is 0 Å². The Kier molecular flexibility index (Phi) is 5.98. The van der Waals surface area contributed by atoms with Gasteiger partial charge in [0.2, 0.25) is 11.3 Å². The minimum atomic E-state index is 0.478. The second-order valence-electron chi connectivity index (χ2n) is 7.41. The lowest BCUT2D eigenvalue weighted by Gasteiger charge is -2.31. The average Bonchev–Trinajstić information content (AvgIpc) is 3.19. The highest BCUT2D eigenvalue weighted by molar-refractivity contribution is 5.74. The molecule has 2 saturated heterocycles. The smallest absolute Gasteiger partial charge is 0.245 e. The van der Waals surface area contributed by atoms with Gasteiger partial charge in [-0.2, -0.15) is 0 Å². The molecule has 0 aliphatic carbocycles. The Morgan fingerprint density at radius 2 is 1.67 bits per heavy atom. The maximum absolute atomic E-state index is 5.41. The largest absolute Gasteiger partial charge is 0.379 e. The predicted molar refractivity (Wildman–Crippen MR) is 103 cm³/mol. The summed E-state index contributed by atoms with van der Waals surface area (Å²) in [6.45, 7) is 7.94. The van der Waals surface area contributed by atoms with Gasteiger partial charge in [0.05, 0.1) is 13.2 Å². The van der Waals surface area contributed by atoms with Gasteiger partial charge in [0.15, 0.2) is 11.6 Å². The highest BCUT2D eigenvalue weighted by Gasteiger charge is 2.22. The molecule has 4 heterocycles. The van der Waals surface area contributed by atoms with Crippen LogP contribution in [-0.4, -0.2) is 84.7 Å². The van der Waals surface area contributed by atoms with Gasteiger partial charge < -0.3 is 14.5 Å². The molecule has 0 saturated carbocycles. The Balaban J connectivity index is 1.40. The number of rotatable bonds is 7. The standard InChI is InChI=1S/C18H29N7O2/c1-23(7-5-6-8-24-11-13-26-14-12-24)17-18(25-9-3-2-4-10-25)20-16-15(19-17)21-27-22-16/h2-14H2,1H3. The molecule has 0 unspecified atom stereocenters. The number of fused-ring (bicyclic) bond motifs is 1. The minimum absolute atomic E-state index is 0.478. The molecule has 2 aliphatic heterocycles. The Bertz CT molecular complexity index is 726. The molecule has 0 bridgehead atoms. The Hall–Kier alpha value is -2.00. The van der Waals surface area contributed by atoms with E-state index in [0.29, 0.717) is 11.3 Å². The number of nitrogens with zero attached hydrogens (tertiary/aromatic N) is 7. The van der Waals surface area contributed by atoms with Crippen LogP contribution in [-0.2, 0) is 4.74 Å². The van der Waals surface area contributed by atoms with Crippen molar-refractivity contribution in [2.24, 2.45) is 0 Å². The lowest BCUT2D eigenvalue weighted by Crippen LogP contribution is -2.37. The Labute approximate surface area is 159 Å². The van der Waals surface area contributed by atoms with Gasteiger partial charge in [-0.25, -0.2) is 14.6 Å². The van der Waals surface area contributed by atoms with Gasteiger partial charge in [0, 0.05) is 39.8 Å². The molecule has 2 aromatic rings. The third kappa shape index (κ3) is 4.47. The molecule has 0 spiro atoms. The molecule has 27 heavy (non-hydrogen) atoms. The predicted octanol–water partition coefficient (Wildman–Crippen LogP) is 1.55. The van der Waals surface area contributed by atoms with Crippen molar-refractivity contribution in [2.75, 3.05) is 69.3 Å². The van der Waals surface area contributed by atoms with E-state index in [9.17, 15) is 0 Å². The lowest BCUT2D eigenvalue weighted by atomic mass is 10.1. The molecule has 2 fully saturated rings. The normalized spacial score (nSPS) is 18.9. The molecule has 9 heteroatoms. The van der Waals surface area contributed by atoms with Gasteiger partial charge in [-0.1, -0.05) is 0 Å². The molecular weight excluding hydrogens is 346 g/mol. The minimum Gasteiger partial charge on any atom is -0.379 e. The fourth-order valence-corrected chi connectivity index (χ4v) is 3.81. The summed E-state index contributed by atoms with van der Waals surface area (Å²) in [7, 11) is 2.09. The zero-order valence-electron chi connectivity index (χ0n) is 16.1. The van der Waals surface area contributed by atoms with Crippen molar-refractivity contribution in [1.29, 1.82) is 0 Å². The summed E-state index contributed by atoms with van der Waals surface area (Å²) in [6.07, 6.45) is 5.96. The highest BCUT2D eigenvalue weighted by Crippen LogP contribution is 2.29. The average molecular weight is 375 g/mol. The van der Waals surface area contributed by atoms with E-state index in [1.807, 2.05) is 0 Å². The zero-order chi connectivity index (χ0) is 18.5. The topological polar surface area (TPSA) is 83.7 Å². The van der Waals surface area contributed by atoms with Crippen molar-refractivity contribution in [3.05, 3.63) is 0 Å². The molecule has 9 nitrogen and oxygen atoms in total. The molecule has 2 aliphatic rings. The molecule has 0 atom stereocenters. The van der Waals surface area contributed by atoms with Gasteiger partial charge >= 0.3 is 0 Å². The van der Waals surface area contributed by atoms with Crippen LogP contribution in [0.4, 0.5) is 11.6 Å². The first kappa shape index (κ1) is 18.4. The van der Waals surface area contributed by atoms with Crippen LogP contribution in [0.15, 0.2) is 4.63 Å². The fourth-order valence-electron chi connectivity index (χ4n) is 3.81. The van der Waals surface area contributed by atoms with Gasteiger partial charge in [0.25, 0.3) is 0 Å². The summed E-state index contributed by atoms with van der Waals surface area (Å²) < 4.78 is 10.2. The summed E-state index contributed by atoms with van der Waals surface area (Å²) in [5.74, 6) is 1.79. The molecule has 0 N–H and O–H groups in total. The first-order chi connectivity index (χ1) is 13.3. The van der Waals surface area contributed by atoms with Crippen LogP contribution in [0, 0.1) is 0 Å². The van der Waals surface area contributed by atoms with Crippen molar-refractivity contribution < 1.29 is 9.37 Å². The zero-order valence-corrected chi connectivity index (χ0v) is 16.1. The molecule has 4 rings (SSSR count). The SMILES string of the molecule is CN(CCCCN1CCOCC1)c1nc2nonc2nc1N1CCCCC1. The first-order valence-corrected chi connectivity index (χ1v) is 10.1. The van der Waals surface area contributed by atoms with Crippen molar-refractivity contribution in [3.8, 4) is 0 Å². The van der Waals surface area contributed by atoms with Gasteiger partial charge in [-0.05, 0) is 49.0 Å². The summed E-state index contributed by atoms with van der Waals surface area (Å²) in [4.78, 5) is 16.4. The number of ether oxygens (including phenoxy) is 1. The van der Waals surface area contributed by atoms with Crippen LogP contribution >= 0.6 is 0 Å². The number of piperidine rings is 1. The fraction of sp³-hybridized carbons (Fsp3) is 0.778. The third-order valence-corrected chi connectivity index (χ3v) is 5.42. The van der Waals surface area contributed by atoms with Crippen LogP contribution in [0.5, 0.6) is 0 Å². The first-order valence-electron chi connectivity index (χ1n) is 10.1. The Morgan fingerprint density at radius 3 is 2.44 bits per heavy atom. The van der Waals surface area contributed by atoms with Crippen LogP contribution in [0.3, 0.4) is 0 Å². The summed E-state index contributed by atoms with van der Waals surface area (Å²) >= 11 is 0. The van der Waals surface area contributed by atoms with E-state index < -0.39 is 0 Å². The second kappa shape index (κ2) is 8.79. The molecular formula is C18H29N7O2. The third-order valence-electron chi connectivity index (χ3n) is 5.42. The van der Waals surface area contributed by atoms with E-state index in [0.717, 1.165) is 70.5 Å². The highest BCUT2D eigenvalue weighted by atomic mass is 16.6. The van der Waals surface area contributed by atoms with Crippen LogP contribution in [0.25, 0.3) is 11.3 Å². The molecule has 148 valence electrons. The van der Waals surface area contributed by atoms with Crippen molar-refractivity contribution in [1.82, 2.24) is 25.2 Å². The Morgan fingerprint density at radius 1 is 0.926 bits per heavy atom. The molecule has 2 aromatic heterocycles. The summed E-state index contributed by atoms with van der Waals surface area (Å²) in [5, 5.41) is 7.76. The number of aromatic nitrogens is 4. The van der Waals surface area contributed by atoms with E-state index in [1.165, 1.54) is 25.7 Å². The van der Waals surface area contributed by atoms with Crippen molar-refractivity contribution in [3.63, 3.8) is 0 Å². The van der Waals surface area contributed by atoms with E-state index in [1.54, 1.807) is 0 Å².